The molecule has 4 N–H and O–H groups in total. The van der Waals surface area contributed by atoms with Crippen molar-refractivity contribution in [3.8, 4) is 22.6 Å². The van der Waals surface area contributed by atoms with E-state index in [-0.39, 0.29) is 0 Å². The highest BCUT2D eigenvalue weighted by molar-refractivity contribution is 7.80. The Morgan fingerprint density at radius 1 is 0.733 bits per heavy atom. The summed E-state index contributed by atoms with van der Waals surface area (Å²) in [5.74, 6) is 1.45. The van der Waals surface area contributed by atoms with Crippen molar-refractivity contribution < 1.29 is 9.47 Å². The lowest BCUT2D eigenvalue weighted by atomic mass is 10.0. The normalized spacial score (nSPS) is 15.1. The molecule has 2 aliphatic rings. The van der Waals surface area contributed by atoms with Gasteiger partial charge >= 0.3 is 0 Å². The zero-order valence-electron chi connectivity index (χ0n) is 17.1. The van der Waals surface area contributed by atoms with E-state index < -0.39 is 0 Å². The Balaban J connectivity index is 1.50. The largest absolute Gasteiger partial charge is 0.495 e. The van der Waals surface area contributed by atoms with Gasteiger partial charge in [0.2, 0.25) is 0 Å². The molecule has 4 rings (SSSR count). The molecule has 2 fully saturated rings. The number of benzene rings is 2. The van der Waals surface area contributed by atoms with Crippen LogP contribution in [-0.2, 0) is 0 Å². The third kappa shape index (κ3) is 5.31. The molecule has 0 unspecified atom stereocenters. The Morgan fingerprint density at radius 3 is 1.47 bits per heavy atom. The number of thiocarbonyl (C=S) groups is 2. The summed E-state index contributed by atoms with van der Waals surface area (Å²) in [7, 11) is 3.31. The average Bonchev–Trinajstić information content (AvgIpc) is 3.66. The maximum Gasteiger partial charge on any atom is 0.171 e. The molecular formula is C22H26N4O2S2. The van der Waals surface area contributed by atoms with Gasteiger partial charge < -0.3 is 30.7 Å². The Bertz CT molecular complexity index is 881. The predicted octanol–water partition coefficient (Wildman–Crippen LogP) is 4.27. The van der Waals surface area contributed by atoms with E-state index in [0.29, 0.717) is 22.3 Å². The Labute approximate surface area is 187 Å². The van der Waals surface area contributed by atoms with Gasteiger partial charge in [-0.3, -0.25) is 0 Å². The molecule has 0 saturated heterocycles. The highest BCUT2D eigenvalue weighted by atomic mass is 32.1. The fourth-order valence-corrected chi connectivity index (χ4v) is 3.64. The minimum atomic E-state index is 0.502. The number of methoxy groups -OCH3 is 2. The Hall–Kier alpha value is -2.58. The van der Waals surface area contributed by atoms with E-state index >= 15 is 0 Å². The Kier molecular flexibility index (Phi) is 6.24. The number of hydrogen-bond donors (Lipinski definition) is 4. The first-order valence-electron chi connectivity index (χ1n) is 10.1. The highest BCUT2D eigenvalue weighted by Crippen LogP contribution is 2.35. The number of nitrogens with one attached hydrogen (secondary N) is 4. The predicted molar refractivity (Wildman–Crippen MR) is 130 cm³/mol. The van der Waals surface area contributed by atoms with E-state index in [4.69, 9.17) is 33.9 Å². The van der Waals surface area contributed by atoms with Gasteiger partial charge in [0.05, 0.1) is 25.6 Å². The first-order valence-corrected chi connectivity index (χ1v) is 10.9. The molecule has 0 aliphatic heterocycles. The molecule has 2 aromatic rings. The van der Waals surface area contributed by atoms with Gasteiger partial charge in [-0.2, -0.15) is 0 Å². The molecule has 8 heteroatoms. The standard InChI is InChI=1S/C22H26N4O2S2/c1-27-19-11-13(3-9-17(19)25-21(29)23-15-5-6-15)14-4-10-18(20(12-14)28-2)26-22(30)24-16-7-8-16/h3-4,9-12,15-16H,5-8H2,1-2H3,(H2,23,25,29)(H2,24,26,30). The molecule has 158 valence electrons. The number of hydrogen-bond acceptors (Lipinski definition) is 4. The van der Waals surface area contributed by atoms with E-state index in [2.05, 4.69) is 21.3 Å². The lowest BCUT2D eigenvalue weighted by Crippen LogP contribution is -2.30. The summed E-state index contributed by atoms with van der Waals surface area (Å²) < 4.78 is 11.2. The summed E-state index contributed by atoms with van der Waals surface area (Å²) in [4.78, 5) is 0. The minimum Gasteiger partial charge on any atom is -0.495 e. The van der Waals surface area contributed by atoms with Gasteiger partial charge in [-0.25, -0.2) is 0 Å². The summed E-state index contributed by atoms with van der Waals surface area (Å²) in [5.41, 5.74) is 3.70. The third-order valence-corrected chi connectivity index (χ3v) is 5.50. The fraction of sp³-hybridized carbons (Fsp3) is 0.364. The molecule has 0 aromatic heterocycles. The topological polar surface area (TPSA) is 66.6 Å². The monoisotopic (exact) mass is 442 g/mol. The number of ether oxygens (including phenoxy) is 2. The van der Waals surface area contributed by atoms with Gasteiger partial charge in [0.25, 0.3) is 0 Å². The summed E-state index contributed by atoms with van der Waals surface area (Å²) in [6.45, 7) is 0. The van der Waals surface area contributed by atoms with Gasteiger partial charge in [-0.15, -0.1) is 0 Å². The van der Waals surface area contributed by atoms with Crippen LogP contribution in [0.1, 0.15) is 25.7 Å². The summed E-state index contributed by atoms with van der Waals surface area (Å²) >= 11 is 10.8. The molecule has 0 atom stereocenters. The van der Waals surface area contributed by atoms with Crippen molar-refractivity contribution in [3.63, 3.8) is 0 Å². The summed E-state index contributed by atoms with van der Waals surface area (Å²) in [6, 6.07) is 13.0. The molecule has 2 aromatic carbocycles. The third-order valence-electron chi connectivity index (χ3n) is 5.06. The molecule has 30 heavy (non-hydrogen) atoms. The lowest BCUT2D eigenvalue weighted by molar-refractivity contribution is 0.416. The Morgan fingerprint density at radius 2 is 1.13 bits per heavy atom. The molecule has 0 spiro atoms. The van der Waals surface area contributed by atoms with Crippen LogP contribution in [0, 0.1) is 0 Å². The average molecular weight is 443 g/mol. The zero-order chi connectivity index (χ0) is 21.1. The van der Waals surface area contributed by atoms with Crippen LogP contribution >= 0.6 is 24.4 Å². The van der Waals surface area contributed by atoms with Gasteiger partial charge in [-0.1, -0.05) is 12.1 Å². The summed E-state index contributed by atoms with van der Waals surface area (Å²) in [5, 5.41) is 14.2. The van der Waals surface area contributed by atoms with Crippen LogP contribution in [0.2, 0.25) is 0 Å². The van der Waals surface area contributed by atoms with Crippen molar-refractivity contribution >= 4 is 46.0 Å². The van der Waals surface area contributed by atoms with E-state index in [1.54, 1.807) is 14.2 Å². The van der Waals surface area contributed by atoms with E-state index in [1.165, 1.54) is 25.7 Å². The molecule has 0 radical (unpaired) electrons. The molecule has 2 saturated carbocycles. The molecular weight excluding hydrogens is 416 g/mol. The van der Waals surface area contributed by atoms with E-state index in [0.717, 1.165) is 34.0 Å². The van der Waals surface area contributed by atoms with Crippen molar-refractivity contribution in [2.45, 2.75) is 37.8 Å². The van der Waals surface area contributed by atoms with Crippen molar-refractivity contribution in [2.24, 2.45) is 0 Å². The lowest BCUT2D eigenvalue weighted by Gasteiger charge is -2.16. The van der Waals surface area contributed by atoms with Crippen molar-refractivity contribution in [2.75, 3.05) is 24.9 Å². The number of rotatable bonds is 7. The summed E-state index contributed by atoms with van der Waals surface area (Å²) in [6.07, 6.45) is 4.69. The van der Waals surface area contributed by atoms with Gasteiger partial charge in [-0.05, 0) is 85.5 Å². The molecule has 0 bridgehead atoms. The van der Waals surface area contributed by atoms with Gasteiger partial charge in [0.1, 0.15) is 11.5 Å². The SMILES string of the molecule is COc1cc(-c2ccc(NC(=S)NC3CC3)c(OC)c2)ccc1NC(=S)NC1CC1. The van der Waals surface area contributed by atoms with Gasteiger partial charge in [0, 0.05) is 12.1 Å². The minimum absolute atomic E-state index is 0.502. The van der Waals surface area contributed by atoms with Crippen LogP contribution in [0.25, 0.3) is 11.1 Å². The van der Waals surface area contributed by atoms with Crippen LogP contribution < -0.4 is 30.7 Å². The van der Waals surface area contributed by atoms with Crippen molar-refractivity contribution in [3.05, 3.63) is 36.4 Å². The van der Waals surface area contributed by atoms with Gasteiger partial charge in [0.15, 0.2) is 10.2 Å². The van der Waals surface area contributed by atoms with Crippen molar-refractivity contribution in [1.82, 2.24) is 10.6 Å². The van der Waals surface area contributed by atoms with Crippen LogP contribution in [0.3, 0.4) is 0 Å². The second-order valence-corrected chi connectivity index (χ2v) is 8.39. The van der Waals surface area contributed by atoms with Crippen LogP contribution in [0.15, 0.2) is 36.4 Å². The molecule has 0 amide bonds. The zero-order valence-corrected chi connectivity index (χ0v) is 18.7. The maximum atomic E-state index is 5.59. The number of anilines is 2. The van der Waals surface area contributed by atoms with E-state index in [9.17, 15) is 0 Å². The molecule has 2 aliphatic carbocycles. The second-order valence-electron chi connectivity index (χ2n) is 7.58. The molecule has 0 heterocycles. The first kappa shape index (κ1) is 20.7. The van der Waals surface area contributed by atoms with Crippen LogP contribution in [-0.4, -0.2) is 36.5 Å². The highest BCUT2D eigenvalue weighted by Gasteiger charge is 2.23. The smallest absolute Gasteiger partial charge is 0.171 e. The van der Waals surface area contributed by atoms with Crippen molar-refractivity contribution in [1.29, 1.82) is 0 Å². The van der Waals surface area contributed by atoms with E-state index in [1.807, 2.05) is 36.4 Å². The fourth-order valence-electron chi connectivity index (χ4n) is 3.09. The first-order chi connectivity index (χ1) is 14.6. The quantitative estimate of drug-likeness (QED) is 0.474. The van der Waals surface area contributed by atoms with Crippen LogP contribution in [0.4, 0.5) is 11.4 Å². The molecule has 6 nitrogen and oxygen atoms in total. The second kappa shape index (κ2) is 9.06. The van der Waals surface area contributed by atoms with Crippen LogP contribution in [0.5, 0.6) is 11.5 Å². The maximum absolute atomic E-state index is 5.59.